The van der Waals surface area contributed by atoms with Gasteiger partial charge in [0.1, 0.15) is 5.78 Å². The molecule has 0 unspecified atom stereocenters. The first-order chi connectivity index (χ1) is 8.56. The molecule has 18 heavy (non-hydrogen) atoms. The van der Waals surface area contributed by atoms with Gasteiger partial charge in [0.25, 0.3) is 0 Å². The molecule has 2 aromatic rings. The third-order valence-electron chi connectivity index (χ3n) is 2.94. The van der Waals surface area contributed by atoms with Crippen LogP contribution >= 0.6 is 22.9 Å². The Hall–Kier alpha value is -1.12. The van der Waals surface area contributed by atoms with E-state index in [-0.39, 0.29) is 5.78 Å². The van der Waals surface area contributed by atoms with Crippen molar-refractivity contribution in [2.45, 2.75) is 26.7 Å². The minimum atomic E-state index is 0.216. The second-order valence-corrected chi connectivity index (χ2v) is 5.92. The van der Waals surface area contributed by atoms with E-state index in [1.54, 1.807) is 11.3 Å². The molecule has 0 aliphatic carbocycles. The van der Waals surface area contributed by atoms with Crippen LogP contribution in [0, 0.1) is 13.8 Å². The Morgan fingerprint density at radius 2 is 2.00 bits per heavy atom. The van der Waals surface area contributed by atoms with E-state index in [1.165, 1.54) is 11.1 Å². The standard InChI is InChI=1S/C15H15ClOS/c1-10-3-4-11(2)12(7-10)8-13(17)9-15-14(16)5-6-18-15/h3-7H,8-9H2,1-2H3. The summed E-state index contributed by atoms with van der Waals surface area (Å²) in [5, 5.41) is 2.62. The molecule has 94 valence electrons. The van der Waals surface area contributed by atoms with Gasteiger partial charge in [-0.15, -0.1) is 11.3 Å². The van der Waals surface area contributed by atoms with Crippen LogP contribution in [0.3, 0.4) is 0 Å². The van der Waals surface area contributed by atoms with Crippen LogP contribution in [0.4, 0.5) is 0 Å². The molecule has 0 aliphatic heterocycles. The van der Waals surface area contributed by atoms with Gasteiger partial charge in [0, 0.05) is 17.7 Å². The maximum atomic E-state index is 12.0. The van der Waals surface area contributed by atoms with Crippen molar-refractivity contribution in [3.8, 4) is 0 Å². The van der Waals surface area contributed by atoms with E-state index >= 15 is 0 Å². The number of thiophene rings is 1. The molecule has 0 spiro atoms. The second-order valence-electron chi connectivity index (χ2n) is 4.51. The molecule has 0 saturated carbocycles. The summed E-state index contributed by atoms with van der Waals surface area (Å²) < 4.78 is 0. The number of halogens is 1. The Balaban J connectivity index is 2.08. The molecule has 0 aliphatic rings. The van der Waals surface area contributed by atoms with Crippen LogP contribution in [0.15, 0.2) is 29.6 Å². The third kappa shape index (κ3) is 3.21. The van der Waals surface area contributed by atoms with Crippen molar-refractivity contribution in [1.29, 1.82) is 0 Å². The van der Waals surface area contributed by atoms with Gasteiger partial charge in [0.2, 0.25) is 0 Å². The Kier molecular flexibility index (Phi) is 4.20. The van der Waals surface area contributed by atoms with E-state index in [9.17, 15) is 4.79 Å². The van der Waals surface area contributed by atoms with Gasteiger partial charge in [-0.3, -0.25) is 4.79 Å². The Labute approximate surface area is 116 Å². The van der Waals surface area contributed by atoms with Gasteiger partial charge in [-0.2, -0.15) is 0 Å². The normalized spacial score (nSPS) is 10.6. The van der Waals surface area contributed by atoms with Crippen molar-refractivity contribution < 1.29 is 4.79 Å². The molecule has 0 saturated heterocycles. The largest absolute Gasteiger partial charge is 0.299 e. The van der Waals surface area contributed by atoms with Crippen LogP contribution in [0.25, 0.3) is 0 Å². The summed E-state index contributed by atoms with van der Waals surface area (Å²) in [4.78, 5) is 13.0. The van der Waals surface area contributed by atoms with Gasteiger partial charge in [-0.25, -0.2) is 0 Å². The van der Waals surface area contributed by atoms with Crippen LogP contribution in [0.5, 0.6) is 0 Å². The summed E-state index contributed by atoms with van der Waals surface area (Å²) >= 11 is 7.54. The van der Waals surface area contributed by atoms with Crippen molar-refractivity contribution in [3.05, 3.63) is 56.2 Å². The first-order valence-corrected chi connectivity index (χ1v) is 7.11. The molecular weight excluding hydrogens is 264 g/mol. The smallest absolute Gasteiger partial charge is 0.142 e. The number of hydrogen-bond acceptors (Lipinski definition) is 2. The number of ketones is 1. The van der Waals surface area contributed by atoms with Gasteiger partial charge in [-0.05, 0) is 36.4 Å². The van der Waals surface area contributed by atoms with E-state index in [2.05, 4.69) is 18.2 Å². The lowest BCUT2D eigenvalue weighted by Crippen LogP contribution is -2.07. The highest BCUT2D eigenvalue weighted by atomic mass is 35.5. The maximum absolute atomic E-state index is 12.0. The number of carbonyl (C=O) groups is 1. The Morgan fingerprint density at radius 1 is 1.22 bits per heavy atom. The molecule has 0 N–H and O–H groups in total. The predicted octanol–water partition coefficient (Wildman–Crippen LogP) is 4.37. The van der Waals surface area contributed by atoms with Gasteiger partial charge in [-0.1, -0.05) is 35.4 Å². The van der Waals surface area contributed by atoms with Crippen LogP contribution in [-0.2, 0) is 17.6 Å². The molecular formula is C15H15ClOS. The summed E-state index contributed by atoms with van der Waals surface area (Å²) in [5.41, 5.74) is 3.48. The van der Waals surface area contributed by atoms with Gasteiger partial charge < -0.3 is 0 Å². The monoisotopic (exact) mass is 278 g/mol. The van der Waals surface area contributed by atoms with Crippen molar-refractivity contribution in [2.75, 3.05) is 0 Å². The minimum Gasteiger partial charge on any atom is -0.299 e. The molecule has 1 aromatic heterocycles. The second kappa shape index (κ2) is 5.68. The van der Waals surface area contributed by atoms with Gasteiger partial charge in [0.05, 0.1) is 5.02 Å². The fourth-order valence-corrected chi connectivity index (χ4v) is 3.03. The number of rotatable bonds is 4. The Morgan fingerprint density at radius 3 is 2.67 bits per heavy atom. The van der Waals surface area contributed by atoms with E-state index in [0.29, 0.717) is 17.9 Å². The number of Topliss-reactive ketones (excluding diaryl/α,β-unsaturated/α-hetero) is 1. The highest BCUT2D eigenvalue weighted by molar-refractivity contribution is 7.10. The van der Waals surface area contributed by atoms with Crippen LogP contribution in [0.1, 0.15) is 21.6 Å². The average molecular weight is 279 g/mol. The highest BCUT2D eigenvalue weighted by Gasteiger charge is 2.10. The zero-order valence-electron chi connectivity index (χ0n) is 10.5. The van der Waals surface area contributed by atoms with Gasteiger partial charge in [0.15, 0.2) is 0 Å². The lowest BCUT2D eigenvalue weighted by atomic mass is 9.99. The fraction of sp³-hybridized carbons (Fsp3) is 0.267. The molecule has 3 heteroatoms. The lowest BCUT2D eigenvalue weighted by molar-refractivity contribution is -0.117. The lowest BCUT2D eigenvalue weighted by Gasteiger charge is -2.06. The first-order valence-electron chi connectivity index (χ1n) is 5.86. The Bertz CT molecular complexity index is 572. The fourth-order valence-electron chi connectivity index (χ4n) is 1.90. The zero-order valence-corrected chi connectivity index (χ0v) is 12.1. The van der Waals surface area contributed by atoms with E-state index in [4.69, 9.17) is 11.6 Å². The zero-order chi connectivity index (χ0) is 13.1. The molecule has 0 bridgehead atoms. The number of benzene rings is 1. The first kappa shape index (κ1) is 13.3. The maximum Gasteiger partial charge on any atom is 0.142 e. The van der Waals surface area contributed by atoms with Crippen molar-refractivity contribution in [2.24, 2.45) is 0 Å². The summed E-state index contributed by atoms with van der Waals surface area (Å²) in [5.74, 6) is 0.216. The van der Waals surface area contributed by atoms with Crippen molar-refractivity contribution >= 4 is 28.7 Å². The molecule has 2 rings (SSSR count). The average Bonchev–Trinajstić information content (AvgIpc) is 2.70. The number of aryl methyl sites for hydroxylation is 2. The van der Waals surface area contributed by atoms with Crippen LogP contribution < -0.4 is 0 Å². The predicted molar refractivity (Wildman–Crippen MR) is 77.7 cm³/mol. The van der Waals surface area contributed by atoms with E-state index in [1.807, 2.05) is 25.3 Å². The van der Waals surface area contributed by atoms with Gasteiger partial charge >= 0.3 is 0 Å². The molecule has 0 amide bonds. The number of carbonyl (C=O) groups excluding carboxylic acids is 1. The number of hydrogen-bond donors (Lipinski definition) is 0. The van der Waals surface area contributed by atoms with Crippen molar-refractivity contribution in [3.63, 3.8) is 0 Å². The van der Waals surface area contributed by atoms with Crippen LogP contribution in [0.2, 0.25) is 5.02 Å². The van der Waals surface area contributed by atoms with E-state index < -0.39 is 0 Å². The quantitative estimate of drug-likeness (QED) is 0.811. The summed E-state index contributed by atoms with van der Waals surface area (Å²) in [7, 11) is 0. The summed E-state index contributed by atoms with van der Waals surface area (Å²) in [6.07, 6.45) is 0.922. The molecule has 1 nitrogen and oxygen atoms in total. The van der Waals surface area contributed by atoms with E-state index in [0.717, 1.165) is 10.4 Å². The summed E-state index contributed by atoms with van der Waals surface area (Å²) in [6, 6.07) is 8.06. The third-order valence-corrected chi connectivity index (χ3v) is 4.33. The summed E-state index contributed by atoms with van der Waals surface area (Å²) in [6.45, 7) is 4.09. The minimum absolute atomic E-state index is 0.216. The molecule has 0 radical (unpaired) electrons. The molecule has 1 heterocycles. The van der Waals surface area contributed by atoms with Crippen molar-refractivity contribution in [1.82, 2.24) is 0 Å². The van der Waals surface area contributed by atoms with Crippen LogP contribution in [-0.4, -0.2) is 5.78 Å². The molecule has 1 aromatic carbocycles. The molecule has 0 atom stereocenters. The highest BCUT2D eigenvalue weighted by Crippen LogP contribution is 2.23. The molecule has 0 fully saturated rings. The SMILES string of the molecule is Cc1ccc(C)c(CC(=O)Cc2sccc2Cl)c1. The topological polar surface area (TPSA) is 17.1 Å².